The number of ketones is 1. The fourth-order valence-corrected chi connectivity index (χ4v) is 2.42. The number of Topliss-reactive ketones (excluding diaryl/α,β-unsaturated/α-hetero) is 1. The van der Waals surface area contributed by atoms with Gasteiger partial charge in [0, 0.05) is 19.5 Å². The highest BCUT2D eigenvalue weighted by molar-refractivity contribution is 5.87. The lowest BCUT2D eigenvalue weighted by molar-refractivity contribution is -0.161. The van der Waals surface area contributed by atoms with Crippen molar-refractivity contribution in [1.82, 2.24) is 4.90 Å². The van der Waals surface area contributed by atoms with Gasteiger partial charge in [-0.1, -0.05) is 30.3 Å². The Bertz CT molecular complexity index is 548. The van der Waals surface area contributed by atoms with Crippen LogP contribution in [0.15, 0.2) is 30.3 Å². The highest BCUT2D eigenvalue weighted by Gasteiger charge is 2.52. The molecule has 21 heavy (non-hydrogen) atoms. The standard InChI is InChI=1S/C15H17NO5/c1-11(17)7-15(13(18)19)9-16(10-15)14(20)21-8-12-5-3-2-4-6-12/h2-6H,7-10H2,1H3,(H,18,19). The molecule has 0 unspecified atom stereocenters. The van der Waals surface area contributed by atoms with E-state index in [2.05, 4.69) is 0 Å². The van der Waals surface area contributed by atoms with E-state index in [0.717, 1.165) is 5.56 Å². The van der Waals surface area contributed by atoms with Crippen molar-refractivity contribution in [2.24, 2.45) is 5.41 Å². The van der Waals surface area contributed by atoms with Crippen molar-refractivity contribution >= 4 is 17.8 Å². The molecule has 2 rings (SSSR count). The second kappa shape index (κ2) is 5.95. The van der Waals surface area contributed by atoms with Crippen LogP contribution in [0.25, 0.3) is 0 Å². The second-order valence-corrected chi connectivity index (χ2v) is 5.36. The third kappa shape index (κ3) is 3.39. The number of benzene rings is 1. The van der Waals surface area contributed by atoms with Gasteiger partial charge in [0.2, 0.25) is 0 Å². The summed E-state index contributed by atoms with van der Waals surface area (Å²) in [5, 5.41) is 9.21. The van der Waals surface area contributed by atoms with E-state index in [0.29, 0.717) is 0 Å². The first kappa shape index (κ1) is 15.0. The van der Waals surface area contributed by atoms with Crippen LogP contribution < -0.4 is 0 Å². The molecule has 0 aliphatic carbocycles. The first-order valence-corrected chi connectivity index (χ1v) is 6.61. The van der Waals surface area contributed by atoms with E-state index in [9.17, 15) is 19.5 Å². The Morgan fingerprint density at radius 1 is 1.24 bits per heavy atom. The van der Waals surface area contributed by atoms with Gasteiger partial charge >= 0.3 is 12.1 Å². The number of likely N-dealkylation sites (tertiary alicyclic amines) is 1. The molecule has 1 aromatic carbocycles. The number of amides is 1. The number of ether oxygens (including phenoxy) is 1. The van der Waals surface area contributed by atoms with Gasteiger partial charge in [0.15, 0.2) is 0 Å². The highest BCUT2D eigenvalue weighted by Crippen LogP contribution is 2.35. The van der Waals surface area contributed by atoms with Gasteiger partial charge in [-0.05, 0) is 12.5 Å². The fraction of sp³-hybridized carbons (Fsp3) is 0.400. The minimum Gasteiger partial charge on any atom is -0.481 e. The Balaban J connectivity index is 1.86. The minimum atomic E-state index is -1.16. The van der Waals surface area contributed by atoms with Crippen molar-refractivity contribution in [3.05, 3.63) is 35.9 Å². The molecule has 6 nitrogen and oxygen atoms in total. The van der Waals surface area contributed by atoms with Gasteiger partial charge in [0.25, 0.3) is 0 Å². The lowest BCUT2D eigenvalue weighted by Crippen LogP contribution is -2.62. The summed E-state index contributed by atoms with van der Waals surface area (Å²) in [6, 6.07) is 9.22. The lowest BCUT2D eigenvalue weighted by Gasteiger charge is -2.45. The third-order valence-corrected chi connectivity index (χ3v) is 3.49. The van der Waals surface area contributed by atoms with Crippen LogP contribution in [0.4, 0.5) is 4.79 Å². The second-order valence-electron chi connectivity index (χ2n) is 5.36. The maximum atomic E-state index is 11.8. The van der Waals surface area contributed by atoms with E-state index < -0.39 is 17.5 Å². The van der Waals surface area contributed by atoms with Crippen LogP contribution in [0.1, 0.15) is 18.9 Å². The van der Waals surface area contributed by atoms with E-state index in [4.69, 9.17) is 4.74 Å². The lowest BCUT2D eigenvalue weighted by atomic mass is 9.76. The monoisotopic (exact) mass is 291 g/mol. The first-order valence-electron chi connectivity index (χ1n) is 6.61. The van der Waals surface area contributed by atoms with Gasteiger partial charge in [0.05, 0.1) is 0 Å². The normalized spacial score (nSPS) is 16.0. The van der Waals surface area contributed by atoms with E-state index >= 15 is 0 Å². The Kier molecular flexibility index (Phi) is 4.26. The van der Waals surface area contributed by atoms with Gasteiger partial charge < -0.3 is 14.7 Å². The number of rotatable bonds is 5. The van der Waals surface area contributed by atoms with Gasteiger partial charge in [-0.2, -0.15) is 0 Å². The summed E-state index contributed by atoms with van der Waals surface area (Å²) >= 11 is 0. The summed E-state index contributed by atoms with van der Waals surface area (Å²) < 4.78 is 5.12. The van der Waals surface area contributed by atoms with Gasteiger partial charge in [-0.25, -0.2) is 4.79 Å². The van der Waals surface area contributed by atoms with Gasteiger partial charge in [-0.3, -0.25) is 9.59 Å². The largest absolute Gasteiger partial charge is 0.481 e. The molecule has 0 bridgehead atoms. The number of hydrogen-bond donors (Lipinski definition) is 1. The predicted molar refractivity (Wildman–Crippen MR) is 73.6 cm³/mol. The zero-order valence-corrected chi connectivity index (χ0v) is 11.7. The van der Waals surface area contributed by atoms with Crippen molar-refractivity contribution in [1.29, 1.82) is 0 Å². The molecule has 1 fully saturated rings. The minimum absolute atomic E-state index is 0.00946. The summed E-state index contributed by atoms with van der Waals surface area (Å²) in [6.45, 7) is 1.51. The zero-order chi connectivity index (χ0) is 15.5. The SMILES string of the molecule is CC(=O)CC1(C(=O)O)CN(C(=O)OCc2ccccc2)C1. The predicted octanol–water partition coefficient (Wildman–Crippen LogP) is 1.69. The van der Waals surface area contributed by atoms with Crippen LogP contribution >= 0.6 is 0 Å². The maximum Gasteiger partial charge on any atom is 0.410 e. The smallest absolute Gasteiger partial charge is 0.410 e. The van der Waals surface area contributed by atoms with Crippen molar-refractivity contribution in [2.45, 2.75) is 20.0 Å². The van der Waals surface area contributed by atoms with Crippen LogP contribution in [0.2, 0.25) is 0 Å². The third-order valence-electron chi connectivity index (χ3n) is 3.49. The topological polar surface area (TPSA) is 83.9 Å². The number of carboxylic acids is 1. The summed E-state index contributed by atoms with van der Waals surface area (Å²) in [7, 11) is 0. The van der Waals surface area contributed by atoms with E-state index in [-0.39, 0.29) is 31.9 Å². The molecule has 1 N–H and O–H groups in total. The first-order chi connectivity index (χ1) is 9.93. The summed E-state index contributed by atoms with van der Waals surface area (Å²) in [6.07, 6.45) is -0.621. The average molecular weight is 291 g/mol. The quantitative estimate of drug-likeness (QED) is 0.892. The van der Waals surface area contributed by atoms with E-state index in [1.54, 1.807) is 0 Å². The zero-order valence-electron chi connectivity index (χ0n) is 11.7. The summed E-state index contributed by atoms with van der Waals surface area (Å²) in [5.74, 6) is -1.25. The number of carboxylic acid groups (broad SMARTS) is 1. The van der Waals surface area contributed by atoms with Crippen molar-refractivity contribution in [3.63, 3.8) is 0 Å². The molecule has 0 saturated carbocycles. The molecule has 1 aliphatic heterocycles. The molecule has 1 saturated heterocycles. The Hall–Kier alpha value is -2.37. The van der Waals surface area contributed by atoms with E-state index in [1.807, 2.05) is 30.3 Å². The van der Waals surface area contributed by atoms with Crippen LogP contribution in [0, 0.1) is 5.41 Å². The molecule has 0 aromatic heterocycles. The molecule has 0 radical (unpaired) electrons. The molecule has 1 heterocycles. The molecule has 1 aliphatic rings. The van der Waals surface area contributed by atoms with Crippen LogP contribution in [-0.4, -0.2) is 40.9 Å². The summed E-state index contributed by atoms with van der Waals surface area (Å²) in [5.41, 5.74) is -0.294. The maximum absolute atomic E-state index is 11.8. The Morgan fingerprint density at radius 3 is 2.38 bits per heavy atom. The fourth-order valence-electron chi connectivity index (χ4n) is 2.42. The highest BCUT2D eigenvalue weighted by atomic mass is 16.6. The number of carbonyl (C=O) groups excluding carboxylic acids is 2. The molecule has 0 atom stereocenters. The molecule has 0 spiro atoms. The van der Waals surface area contributed by atoms with Crippen molar-refractivity contribution < 1.29 is 24.2 Å². The summed E-state index contributed by atoms with van der Waals surface area (Å²) in [4.78, 5) is 35.5. The van der Waals surface area contributed by atoms with Crippen molar-refractivity contribution in [3.8, 4) is 0 Å². The number of hydrogen-bond acceptors (Lipinski definition) is 4. The van der Waals surface area contributed by atoms with Gasteiger partial charge in [-0.15, -0.1) is 0 Å². The van der Waals surface area contributed by atoms with Crippen LogP contribution in [0.3, 0.4) is 0 Å². The Morgan fingerprint density at radius 2 is 1.86 bits per heavy atom. The van der Waals surface area contributed by atoms with Crippen molar-refractivity contribution in [2.75, 3.05) is 13.1 Å². The van der Waals surface area contributed by atoms with Gasteiger partial charge in [0.1, 0.15) is 17.8 Å². The Labute approximate surface area is 122 Å². The molecular formula is C15H17NO5. The molecule has 1 amide bonds. The molecule has 1 aromatic rings. The average Bonchev–Trinajstić information content (AvgIpc) is 2.40. The van der Waals surface area contributed by atoms with E-state index in [1.165, 1.54) is 11.8 Å². The molecule has 6 heteroatoms. The number of carbonyl (C=O) groups is 3. The molecule has 112 valence electrons. The molecular weight excluding hydrogens is 274 g/mol. The van der Waals surface area contributed by atoms with Crippen LogP contribution in [-0.2, 0) is 20.9 Å². The van der Waals surface area contributed by atoms with Crippen LogP contribution in [0.5, 0.6) is 0 Å². The number of aliphatic carboxylic acids is 1. The number of nitrogens with zero attached hydrogens (tertiary/aromatic N) is 1.